The predicted molar refractivity (Wildman–Crippen MR) is 55.6 cm³/mol. The average Bonchev–Trinajstić information content (AvgIpc) is 2.17. The van der Waals surface area contributed by atoms with E-state index in [4.69, 9.17) is 5.11 Å². The molecule has 0 saturated heterocycles. The second-order valence-electron chi connectivity index (χ2n) is 3.49. The van der Waals surface area contributed by atoms with Gasteiger partial charge in [-0.1, -0.05) is 15.2 Å². The molecule has 18 heavy (non-hydrogen) atoms. The van der Waals surface area contributed by atoms with Crippen LogP contribution in [0.2, 0.25) is 0 Å². The maximum Gasteiger partial charge on any atom is 0.115 e. The van der Waals surface area contributed by atoms with E-state index < -0.39 is 27.1 Å². The van der Waals surface area contributed by atoms with E-state index in [0.29, 0.717) is 0 Å². The smallest absolute Gasteiger partial charge is 0.115 e. The van der Waals surface area contributed by atoms with Crippen LogP contribution in [0.25, 0.3) is 0 Å². The van der Waals surface area contributed by atoms with Crippen molar-refractivity contribution in [3.63, 3.8) is 0 Å². The largest absolute Gasteiger partial charge is 0.810 e. The minimum absolute atomic E-state index is 0.0475. The summed E-state index contributed by atoms with van der Waals surface area (Å²) < 4.78 is 21.3. The molecule has 0 atom stereocenters. The summed E-state index contributed by atoms with van der Waals surface area (Å²) in [5, 5.41) is 8.76. The molecule has 1 aromatic carbocycles. The van der Waals surface area contributed by atoms with Gasteiger partial charge in [-0.05, 0) is 24.3 Å². The summed E-state index contributed by atoms with van der Waals surface area (Å²) >= 11 is 0. The number of hydrogen-bond acceptors (Lipinski definition) is 8. The highest BCUT2D eigenvalue weighted by atomic mass is 31.2. The van der Waals surface area contributed by atoms with Crippen LogP contribution in [0, 0.1) is 0 Å². The molecule has 0 saturated carbocycles. The second-order valence-corrected chi connectivity index (χ2v) is 7.30. The molecule has 0 radical (unpaired) electrons. The molecule has 102 valence electrons. The Kier molecular flexibility index (Phi) is 4.55. The van der Waals surface area contributed by atoms with E-state index in [9.17, 15) is 28.7 Å². The van der Waals surface area contributed by atoms with Gasteiger partial charge in [0.2, 0.25) is 0 Å². The maximum absolute atomic E-state index is 10.7. The SMILES string of the molecule is O=P([O-])([O-])C(CNc1ccc(O)cc1)P(=O)([O-])[O-]. The lowest BCUT2D eigenvalue weighted by Gasteiger charge is -2.49. The molecule has 2 N–H and O–H groups in total. The number of rotatable bonds is 5. The number of phenolic OH excluding ortho intramolecular Hbond substituents is 1. The Morgan fingerprint density at radius 1 is 1.06 bits per heavy atom. The Bertz CT molecular complexity index is 469. The molecule has 0 aromatic heterocycles. The molecule has 1 aromatic rings. The van der Waals surface area contributed by atoms with Crippen molar-refractivity contribution in [2.24, 2.45) is 0 Å². The van der Waals surface area contributed by atoms with Crippen LogP contribution in [0.3, 0.4) is 0 Å². The Morgan fingerprint density at radius 3 is 1.89 bits per heavy atom. The first-order valence-electron chi connectivity index (χ1n) is 4.67. The summed E-state index contributed by atoms with van der Waals surface area (Å²) in [5.41, 5.74) is 0.264. The van der Waals surface area contributed by atoms with Crippen LogP contribution in [0.5, 0.6) is 5.75 Å². The third kappa shape index (κ3) is 4.42. The van der Waals surface area contributed by atoms with Crippen molar-refractivity contribution in [3.8, 4) is 5.75 Å². The van der Waals surface area contributed by atoms with Crippen LogP contribution >= 0.6 is 15.2 Å². The number of aromatic hydroxyl groups is 1. The van der Waals surface area contributed by atoms with Gasteiger partial charge < -0.3 is 39.1 Å². The number of anilines is 1. The van der Waals surface area contributed by atoms with Crippen molar-refractivity contribution in [3.05, 3.63) is 24.3 Å². The lowest BCUT2D eigenvalue weighted by molar-refractivity contribution is -0.329. The topological polar surface area (TPSA) is 159 Å². The zero-order chi connectivity index (χ0) is 14.0. The fourth-order valence-corrected chi connectivity index (χ4v) is 3.20. The number of benzene rings is 1. The molecule has 0 spiro atoms. The van der Waals surface area contributed by atoms with Crippen molar-refractivity contribution in [1.82, 2.24) is 0 Å². The van der Waals surface area contributed by atoms with Gasteiger partial charge in [-0.2, -0.15) is 0 Å². The van der Waals surface area contributed by atoms with Gasteiger partial charge >= 0.3 is 0 Å². The van der Waals surface area contributed by atoms with Gasteiger partial charge in [-0.25, -0.2) is 0 Å². The molecule has 0 heterocycles. The summed E-state index contributed by atoms with van der Waals surface area (Å²) in [4.78, 5) is 42.7. The fraction of sp³-hybridized carbons (Fsp3) is 0.250. The minimum Gasteiger partial charge on any atom is -0.810 e. The third-order valence-electron chi connectivity index (χ3n) is 2.09. The normalized spacial score (nSPS) is 12.7. The lowest BCUT2D eigenvalue weighted by Crippen LogP contribution is -2.38. The highest BCUT2D eigenvalue weighted by Gasteiger charge is 2.16. The van der Waals surface area contributed by atoms with Crippen LogP contribution in [-0.4, -0.2) is 17.1 Å². The van der Waals surface area contributed by atoms with Gasteiger partial charge in [0, 0.05) is 17.6 Å². The Morgan fingerprint density at radius 2 is 1.50 bits per heavy atom. The highest BCUT2D eigenvalue weighted by Crippen LogP contribution is 2.49. The number of nitrogens with one attached hydrogen (secondary N) is 1. The van der Waals surface area contributed by atoms with E-state index in [1.807, 2.05) is 0 Å². The highest BCUT2D eigenvalue weighted by molar-refractivity contribution is 7.68. The summed E-state index contributed by atoms with van der Waals surface area (Å²) in [6, 6.07) is 5.18. The first-order valence-corrected chi connectivity index (χ1v) is 7.89. The van der Waals surface area contributed by atoms with Crippen LogP contribution in [0.1, 0.15) is 0 Å². The molecule has 0 aliphatic rings. The van der Waals surface area contributed by atoms with Gasteiger partial charge in [0.05, 0.1) is 0 Å². The second kappa shape index (κ2) is 5.40. The monoisotopic (exact) mass is 293 g/mol. The Labute approximate surface area is 103 Å². The average molecular weight is 293 g/mol. The van der Waals surface area contributed by atoms with Crippen molar-refractivity contribution < 1.29 is 33.8 Å². The van der Waals surface area contributed by atoms with Gasteiger partial charge in [0.15, 0.2) is 0 Å². The summed E-state index contributed by atoms with van der Waals surface area (Å²) in [6.45, 7) is -0.834. The number of hydrogen-bond donors (Lipinski definition) is 2. The van der Waals surface area contributed by atoms with Crippen molar-refractivity contribution in [2.75, 3.05) is 11.9 Å². The van der Waals surface area contributed by atoms with Gasteiger partial charge in [0.1, 0.15) is 5.75 Å². The summed E-state index contributed by atoms with van der Waals surface area (Å²) in [6.07, 6.45) is 0. The molecule has 0 bridgehead atoms. The van der Waals surface area contributed by atoms with Crippen molar-refractivity contribution in [1.29, 1.82) is 0 Å². The molecule has 0 amide bonds. The van der Waals surface area contributed by atoms with Crippen molar-refractivity contribution >= 4 is 20.9 Å². The quantitative estimate of drug-likeness (QED) is 0.463. The van der Waals surface area contributed by atoms with E-state index in [0.717, 1.165) is 0 Å². The first-order chi connectivity index (χ1) is 8.10. The lowest BCUT2D eigenvalue weighted by atomic mass is 10.3. The van der Waals surface area contributed by atoms with E-state index in [1.165, 1.54) is 24.3 Å². The fourth-order valence-electron chi connectivity index (χ4n) is 1.19. The molecular weight excluding hydrogens is 284 g/mol. The molecule has 0 fully saturated rings. The van der Waals surface area contributed by atoms with Crippen LogP contribution in [-0.2, 0) is 9.13 Å². The number of phenols is 1. The van der Waals surface area contributed by atoms with Crippen LogP contribution in [0.15, 0.2) is 24.3 Å². The van der Waals surface area contributed by atoms with E-state index in [2.05, 4.69) is 5.32 Å². The third-order valence-corrected chi connectivity index (χ3v) is 5.61. The summed E-state index contributed by atoms with van der Waals surface area (Å²) in [5.74, 6) is -0.0475. The Hall–Kier alpha value is -0.880. The molecular formula is C8H9NO7P2-4. The zero-order valence-corrected chi connectivity index (χ0v) is 10.7. The Balaban J connectivity index is 2.78. The van der Waals surface area contributed by atoms with Gasteiger partial charge in [-0.3, -0.25) is 0 Å². The van der Waals surface area contributed by atoms with Gasteiger partial charge in [0.25, 0.3) is 0 Å². The molecule has 10 heteroatoms. The van der Waals surface area contributed by atoms with Crippen LogP contribution in [0.4, 0.5) is 5.69 Å². The zero-order valence-electron chi connectivity index (χ0n) is 8.88. The minimum atomic E-state index is -5.54. The summed E-state index contributed by atoms with van der Waals surface area (Å²) in [7, 11) is -11.1. The predicted octanol–water partition coefficient (Wildman–Crippen LogP) is -2.04. The molecule has 0 aliphatic heterocycles. The van der Waals surface area contributed by atoms with E-state index >= 15 is 0 Å². The van der Waals surface area contributed by atoms with Gasteiger partial charge in [-0.15, -0.1) is 0 Å². The molecule has 0 aliphatic carbocycles. The maximum atomic E-state index is 10.7. The van der Waals surface area contributed by atoms with Crippen LogP contribution < -0.4 is 24.9 Å². The van der Waals surface area contributed by atoms with E-state index in [-0.39, 0.29) is 11.4 Å². The molecule has 0 unspecified atom stereocenters. The van der Waals surface area contributed by atoms with E-state index in [1.54, 1.807) is 0 Å². The first kappa shape index (κ1) is 15.2. The standard InChI is InChI=1S/C8H13NO7P2/c10-7-3-1-6(2-4-7)9-5-8(17(11,12)13)18(14,15)16/h1-4,8-10H,5H2,(H2,11,12,13)(H2,14,15,16)/p-4. The molecule has 1 rings (SSSR count). The molecule has 8 nitrogen and oxygen atoms in total. The van der Waals surface area contributed by atoms with Crippen molar-refractivity contribution in [2.45, 2.75) is 5.40 Å².